The molecular formula is C26H16F6N4O. The number of ether oxygens (including phenoxy) is 1. The number of halogens is 6. The molecule has 37 heavy (non-hydrogen) atoms. The Kier molecular flexibility index (Phi) is 7.02. The third-order valence-electron chi connectivity index (χ3n) is 5.26. The average Bonchev–Trinajstić information content (AvgIpc) is 3.30. The fraction of sp³-hybridized carbons (Fsp3) is 0.115. The number of rotatable bonds is 5. The Balaban J connectivity index is 1.72. The highest BCUT2D eigenvalue weighted by Gasteiger charge is 2.31. The first-order valence-corrected chi connectivity index (χ1v) is 10.6. The number of aromatic nitrogens is 3. The minimum atomic E-state index is -4.55. The summed E-state index contributed by atoms with van der Waals surface area (Å²) in [5.41, 5.74) is -0.0843. The predicted octanol–water partition coefficient (Wildman–Crippen LogP) is 6.94. The molecular weight excluding hydrogens is 498 g/mol. The molecule has 4 rings (SSSR count). The van der Waals surface area contributed by atoms with E-state index in [2.05, 4.69) is 15.4 Å². The highest BCUT2D eigenvalue weighted by Crippen LogP contribution is 2.34. The molecule has 188 valence electrons. The molecule has 3 aromatic rings. The summed E-state index contributed by atoms with van der Waals surface area (Å²) in [6.07, 6.45) is -1.62. The molecule has 1 aromatic heterocycles. The van der Waals surface area contributed by atoms with Crippen LogP contribution in [0.15, 0.2) is 84.5 Å². The maximum Gasteiger partial charge on any atom is 0.416 e. The number of nitrogens with one attached hydrogen (secondary N) is 1. The summed E-state index contributed by atoms with van der Waals surface area (Å²) in [5, 5.41) is 19.4. The van der Waals surface area contributed by atoms with Gasteiger partial charge in [-0.1, -0.05) is 42.5 Å². The number of H-pyrrole nitrogens is 1. The van der Waals surface area contributed by atoms with E-state index in [0.29, 0.717) is 16.7 Å². The van der Waals surface area contributed by atoms with E-state index in [1.54, 1.807) is 12.1 Å². The molecule has 0 saturated carbocycles. The molecule has 0 unspecified atom stereocenters. The van der Waals surface area contributed by atoms with Crippen molar-refractivity contribution < 1.29 is 31.1 Å². The Morgan fingerprint density at radius 3 is 2.35 bits per heavy atom. The van der Waals surface area contributed by atoms with Crippen LogP contribution in [0.5, 0.6) is 5.75 Å². The Morgan fingerprint density at radius 2 is 1.62 bits per heavy atom. The van der Waals surface area contributed by atoms with E-state index in [4.69, 9.17) is 4.74 Å². The summed E-state index contributed by atoms with van der Waals surface area (Å²) in [4.78, 5) is 0. The van der Waals surface area contributed by atoms with Gasteiger partial charge >= 0.3 is 12.4 Å². The van der Waals surface area contributed by atoms with Gasteiger partial charge in [-0.3, -0.25) is 0 Å². The zero-order valence-electron chi connectivity index (χ0n) is 18.7. The van der Waals surface area contributed by atoms with Crippen LogP contribution in [0.1, 0.15) is 22.4 Å². The van der Waals surface area contributed by atoms with E-state index in [9.17, 15) is 31.6 Å². The van der Waals surface area contributed by atoms with E-state index >= 15 is 0 Å². The largest absolute Gasteiger partial charge is 0.489 e. The fourth-order valence-electron chi connectivity index (χ4n) is 3.49. The number of benzene rings is 2. The third-order valence-corrected chi connectivity index (χ3v) is 5.26. The molecule has 1 aliphatic carbocycles. The van der Waals surface area contributed by atoms with Crippen molar-refractivity contribution >= 4 is 5.57 Å². The van der Waals surface area contributed by atoms with Crippen molar-refractivity contribution in [2.24, 2.45) is 0 Å². The smallest absolute Gasteiger partial charge is 0.416 e. The van der Waals surface area contributed by atoms with Gasteiger partial charge in [0.15, 0.2) is 5.69 Å². The van der Waals surface area contributed by atoms with Crippen LogP contribution in [-0.4, -0.2) is 21.6 Å². The molecule has 0 amide bonds. The van der Waals surface area contributed by atoms with Crippen LogP contribution < -0.4 is 4.74 Å². The van der Waals surface area contributed by atoms with Gasteiger partial charge in [-0.15, -0.1) is 5.10 Å². The van der Waals surface area contributed by atoms with E-state index in [1.807, 2.05) is 6.07 Å². The molecule has 0 bridgehead atoms. The van der Waals surface area contributed by atoms with E-state index < -0.39 is 23.5 Å². The molecule has 0 spiro atoms. The monoisotopic (exact) mass is 514 g/mol. The first-order chi connectivity index (χ1) is 17.5. The van der Waals surface area contributed by atoms with Crippen molar-refractivity contribution in [2.75, 3.05) is 0 Å². The fourth-order valence-corrected chi connectivity index (χ4v) is 3.49. The third kappa shape index (κ3) is 6.16. The number of allylic oxidation sites excluding steroid dienone is 8. The van der Waals surface area contributed by atoms with Gasteiger partial charge in [0.2, 0.25) is 0 Å². The highest BCUT2D eigenvalue weighted by atomic mass is 19.4. The van der Waals surface area contributed by atoms with Crippen molar-refractivity contribution in [1.29, 1.82) is 5.26 Å². The predicted molar refractivity (Wildman–Crippen MR) is 123 cm³/mol. The molecule has 1 N–H and O–H groups in total. The molecule has 0 saturated heterocycles. The van der Waals surface area contributed by atoms with E-state index in [0.717, 1.165) is 24.3 Å². The molecule has 1 aliphatic rings. The Hall–Kier alpha value is -4.59. The van der Waals surface area contributed by atoms with E-state index in [1.165, 1.54) is 42.5 Å². The van der Waals surface area contributed by atoms with Crippen molar-refractivity contribution in [2.45, 2.75) is 19.0 Å². The number of nitriles is 1. The summed E-state index contributed by atoms with van der Waals surface area (Å²) in [5.74, 6) is 0.198. The summed E-state index contributed by atoms with van der Waals surface area (Å²) in [6.45, 7) is -0.216. The number of aromatic amines is 1. The first-order valence-electron chi connectivity index (χ1n) is 10.6. The zero-order chi connectivity index (χ0) is 26.6. The second-order valence-electron chi connectivity index (χ2n) is 7.83. The normalized spacial score (nSPS) is 16.1. The van der Waals surface area contributed by atoms with Crippen LogP contribution >= 0.6 is 0 Å². The van der Waals surface area contributed by atoms with Crippen LogP contribution in [0.4, 0.5) is 26.3 Å². The lowest BCUT2D eigenvalue weighted by Crippen LogP contribution is -2.09. The van der Waals surface area contributed by atoms with Crippen LogP contribution in [0, 0.1) is 11.3 Å². The lowest BCUT2D eigenvalue weighted by Gasteiger charge is -2.13. The summed E-state index contributed by atoms with van der Waals surface area (Å²) >= 11 is 0. The van der Waals surface area contributed by atoms with Crippen molar-refractivity contribution in [3.05, 3.63) is 107 Å². The van der Waals surface area contributed by atoms with Gasteiger partial charge in [0, 0.05) is 5.56 Å². The van der Waals surface area contributed by atoms with Crippen molar-refractivity contribution in [1.82, 2.24) is 15.4 Å². The van der Waals surface area contributed by atoms with Gasteiger partial charge in [0.05, 0.1) is 11.1 Å². The Morgan fingerprint density at radius 1 is 0.865 bits per heavy atom. The highest BCUT2D eigenvalue weighted by molar-refractivity contribution is 5.80. The van der Waals surface area contributed by atoms with Crippen LogP contribution in [0.2, 0.25) is 0 Å². The number of nitrogens with zero attached hydrogens (tertiary/aromatic N) is 3. The van der Waals surface area contributed by atoms with Crippen LogP contribution in [0.3, 0.4) is 0 Å². The molecule has 0 radical (unpaired) electrons. The van der Waals surface area contributed by atoms with Gasteiger partial charge < -0.3 is 4.74 Å². The second kappa shape index (κ2) is 10.2. The molecule has 5 nitrogen and oxygen atoms in total. The van der Waals surface area contributed by atoms with Gasteiger partial charge in [0.1, 0.15) is 24.1 Å². The molecule has 0 fully saturated rings. The second-order valence-corrected chi connectivity index (χ2v) is 7.83. The maximum absolute atomic E-state index is 13.2. The average molecular weight is 514 g/mol. The minimum absolute atomic E-state index is 0.0228. The first kappa shape index (κ1) is 25.5. The van der Waals surface area contributed by atoms with Crippen molar-refractivity contribution in [3.8, 4) is 23.1 Å². The topological polar surface area (TPSA) is 74.6 Å². The Labute approximate surface area is 206 Å². The van der Waals surface area contributed by atoms with Crippen molar-refractivity contribution in [3.63, 3.8) is 0 Å². The quantitative estimate of drug-likeness (QED) is 0.375. The summed E-state index contributed by atoms with van der Waals surface area (Å²) in [7, 11) is 0. The van der Waals surface area contributed by atoms with Gasteiger partial charge in [-0.2, -0.15) is 41.9 Å². The van der Waals surface area contributed by atoms with E-state index in [-0.39, 0.29) is 29.3 Å². The number of hydrogen-bond acceptors (Lipinski definition) is 4. The SMILES string of the molecule is N#Cc1n[nH]nc1-c1cc(OCc2cccc(C(F)(F)F)c2)cc(C2=C/C=C/C=C(/C(F)(F)F)C=C2)c1. The summed E-state index contributed by atoms with van der Waals surface area (Å²) < 4.78 is 84.6. The molecule has 2 aromatic carbocycles. The van der Waals surface area contributed by atoms with Gasteiger partial charge in [-0.05, 0) is 53.1 Å². The Bertz CT molecular complexity index is 1470. The molecule has 11 heteroatoms. The van der Waals surface area contributed by atoms with Gasteiger partial charge in [0.25, 0.3) is 0 Å². The summed E-state index contributed by atoms with van der Waals surface area (Å²) in [6, 6.07) is 11.2. The molecule has 0 aliphatic heterocycles. The zero-order valence-corrected chi connectivity index (χ0v) is 18.7. The van der Waals surface area contributed by atoms with Crippen LogP contribution in [-0.2, 0) is 12.8 Å². The lowest BCUT2D eigenvalue weighted by atomic mass is 9.98. The molecule has 1 heterocycles. The lowest BCUT2D eigenvalue weighted by molar-refractivity contribution is -0.137. The maximum atomic E-state index is 13.2. The standard InChI is InChI=1S/C26H16F6N4O/c27-25(28,29)20-6-2-1-5-17(8-9-20)18-11-19(24-23(14-33)34-36-35-24)13-22(12-18)37-15-16-4-3-7-21(10-16)26(30,31)32/h1-13H,15H2,(H,34,35,36)/b2-1+,5-1?,6-2?,9-8?,17-5?,17-8?,20-6+,20-9?. The number of alkyl halides is 6. The number of hydrogen-bond donors (Lipinski definition) is 1. The molecule has 0 atom stereocenters. The van der Waals surface area contributed by atoms with Gasteiger partial charge in [-0.25, -0.2) is 0 Å². The minimum Gasteiger partial charge on any atom is -0.489 e. The van der Waals surface area contributed by atoms with Crippen LogP contribution in [0.25, 0.3) is 16.8 Å².